The van der Waals surface area contributed by atoms with E-state index in [0.29, 0.717) is 0 Å². The number of nitrogens with zero attached hydrogens (tertiary/aromatic N) is 1. The Balaban J connectivity index is 3.24. The third kappa shape index (κ3) is 2.09. The summed E-state index contributed by atoms with van der Waals surface area (Å²) in [6.45, 7) is 0. The summed E-state index contributed by atoms with van der Waals surface area (Å²) in [7, 11) is 1.22. The lowest BCUT2D eigenvalue weighted by molar-refractivity contribution is 0.144. The summed E-state index contributed by atoms with van der Waals surface area (Å²) >= 11 is 5.44. The standard InChI is InChI=1S/C8H7ClF3NO/c1-14-6-4(3-9)2-5(7(10)11)13-8(6)12/h2,7H,3H2,1H3. The maximum absolute atomic E-state index is 13.0. The highest BCUT2D eigenvalue weighted by molar-refractivity contribution is 6.17. The zero-order chi connectivity index (χ0) is 10.7. The Hall–Kier alpha value is -0.970. The molecule has 0 aliphatic heterocycles. The van der Waals surface area contributed by atoms with E-state index >= 15 is 0 Å². The van der Waals surface area contributed by atoms with Crippen molar-refractivity contribution in [2.75, 3.05) is 7.11 Å². The van der Waals surface area contributed by atoms with E-state index in [1.54, 1.807) is 0 Å². The molecule has 1 rings (SSSR count). The van der Waals surface area contributed by atoms with Crippen molar-refractivity contribution in [1.29, 1.82) is 0 Å². The monoisotopic (exact) mass is 225 g/mol. The van der Waals surface area contributed by atoms with Gasteiger partial charge in [0.1, 0.15) is 5.69 Å². The number of hydrogen-bond acceptors (Lipinski definition) is 2. The predicted octanol–water partition coefficient (Wildman–Crippen LogP) is 2.91. The molecule has 2 nitrogen and oxygen atoms in total. The van der Waals surface area contributed by atoms with Gasteiger partial charge in [-0.05, 0) is 6.07 Å². The molecule has 0 aromatic carbocycles. The number of alkyl halides is 3. The van der Waals surface area contributed by atoms with E-state index in [9.17, 15) is 13.2 Å². The Morgan fingerprint density at radius 1 is 1.57 bits per heavy atom. The van der Waals surface area contributed by atoms with Crippen molar-refractivity contribution >= 4 is 11.6 Å². The normalized spacial score (nSPS) is 10.7. The Morgan fingerprint density at radius 2 is 2.21 bits per heavy atom. The second kappa shape index (κ2) is 4.50. The van der Waals surface area contributed by atoms with E-state index in [0.717, 1.165) is 6.07 Å². The van der Waals surface area contributed by atoms with Gasteiger partial charge in [0.2, 0.25) is 0 Å². The Labute approximate surface area is 83.7 Å². The van der Waals surface area contributed by atoms with Gasteiger partial charge in [-0.15, -0.1) is 11.6 Å². The van der Waals surface area contributed by atoms with Crippen LogP contribution in [0, 0.1) is 5.95 Å². The third-order valence-corrected chi connectivity index (χ3v) is 1.89. The highest BCUT2D eigenvalue weighted by atomic mass is 35.5. The number of aromatic nitrogens is 1. The molecule has 1 aromatic heterocycles. The van der Waals surface area contributed by atoms with Gasteiger partial charge in [-0.1, -0.05) is 0 Å². The lowest BCUT2D eigenvalue weighted by atomic mass is 10.2. The molecular formula is C8H7ClF3NO. The summed E-state index contributed by atoms with van der Waals surface area (Å²) in [4.78, 5) is 3.05. The van der Waals surface area contributed by atoms with Crippen LogP contribution >= 0.6 is 11.6 Å². The summed E-state index contributed by atoms with van der Waals surface area (Å²) in [5.41, 5.74) is -0.476. The fourth-order valence-electron chi connectivity index (χ4n) is 0.999. The molecule has 14 heavy (non-hydrogen) atoms. The molecule has 0 N–H and O–H groups in total. The fourth-order valence-corrected chi connectivity index (χ4v) is 1.20. The third-order valence-electron chi connectivity index (χ3n) is 1.60. The predicted molar refractivity (Wildman–Crippen MR) is 45.3 cm³/mol. The summed E-state index contributed by atoms with van der Waals surface area (Å²) in [5.74, 6) is -1.37. The van der Waals surface area contributed by atoms with E-state index in [2.05, 4.69) is 9.72 Å². The molecule has 0 fully saturated rings. The number of halogens is 4. The van der Waals surface area contributed by atoms with Crippen molar-refractivity contribution in [2.45, 2.75) is 12.3 Å². The summed E-state index contributed by atoms with van der Waals surface area (Å²) in [5, 5.41) is 0. The zero-order valence-electron chi connectivity index (χ0n) is 7.23. The Bertz CT molecular complexity index is 333. The average molecular weight is 226 g/mol. The number of methoxy groups -OCH3 is 1. The number of rotatable bonds is 3. The lowest BCUT2D eigenvalue weighted by Gasteiger charge is -2.08. The minimum atomic E-state index is -2.82. The summed E-state index contributed by atoms with van der Waals surface area (Å²) < 4.78 is 42.0. The molecule has 0 aliphatic carbocycles. The first-order valence-corrected chi connectivity index (χ1v) is 4.21. The molecule has 0 unspecified atom stereocenters. The molecule has 1 aromatic rings. The molecule has 0 radical (unpaired) electrons. The van der Waals surface area contributed by atoms with Crippen molar-refractivity contribution in [1.82, 2.24) is 4.98 Å². The van der Waals surface area contributed by atoms with Gasteiger partial charge in [0.05, 0.1) is 13.0 Å². The second-order valence-corrected chi connectivity index (χ2v) is 2.73. The molecule has 0 aliphatic rings. The first-order valence-electron chi connectivity index (χ1n) is 3.67. The van der Waals surface area contributed by atoms with Crippen LogP contribution in [0.25, 0.3) is 0 Å². The average Bonchev–Trinajstić information content (AvgIpc) is 2.16. The molecule has 0 bridgehead atoms. The van der Waals surface area contributed by atoms with Crippen molar-refractivity contribution < 1.29 is 17.9 Å². The first kappa shape index (κ1) is 11.1. The lowest BCUT2D eigenvalue weighted by Crippen LogP contribution is -2.01. The molecule has 0 amide bonds. The minimum Gasteiger partial charge on any atom is -0.492 e. The maximum atomic E-state index is 13.0. The van der Waals surface area contributed by atoms with E-state index in [1.807, 2.05) is 0 Å². The van der Waals surface area contributed by atoms with Crippen LogP contribution in [0.2, 0.25) is 0 Å². The van der Waals surface area contributed by atoms with Crippen LogP contribution in [0.15, 0.2) is 6.07 Å². The van der Waals surface area contributed by atoms with Crippen LogP contribution in [0.3, 0.4) is 0 Å². The molecule has 0 saturated carbocycles. The van der Waals surface area contributed by atoms with E-state index < -0.39 is 18.1 Å². The van der Waals surface area contributed by atoms with Gasteiger partial charge in [-0.3, -0.25) is 0 Å². The van der Waals surface area contributed by atoms with E-state index in [-0.39, 0.29) is 17.2 Å². The van der Waals surface area contributed by atoms with Gasteiger partial charge in [0.25, 0.3) is 12.4 Å². The van der Waals surface area contributed by atoms with Crippen molar-refractivity contribution in [2.24, 2.45) is 0 Å². The van der Waals surface area contributed by atoms with Gasteiger partial charge < -0.3 is 4.74 Å². The zero-order valence-corrected chi connectivity index (χ0v) is 7.99. The van der Waals surface area contributed by atoms with Gasteiger partial charge in [0, 0.05) is 5.56 Å². The van der Waals surface area contributed by atoms with Crippen LogP contribution in [0.5, 0.6) is 5.75 Å². The maximum Gasteiger partial charge on any atom is 0.280 e. The summed E-state index contributed by atoms with van der Waals surface area (Å²) in [6, 6.07) is 1.03. The minimum absolute atomic E-state index is 0.109. The van der Waals surface area contributed by atoms with Crippen molar-refractivity contribution in [3.05, 3.63) is 23.3 Å². The summed E-state index contributed by atoms with van der Waals surface area (Å²) in [6.07, 6.45) is -2.82. The van der Waals surface area contributed by atoms with Gasteiger partial charge in [0.15, 0.2) is 5.75 Å². The van der Waals surface area contributed by atoms with E-state index in [4.69, 9.17) is 11.6 Å². The van der Waals surface area contributed by atoms with Crippen LogP contribution in [0.4, 0.5) is 13.2 Å². The van der Waals surface area contributed by atoms with Gasteiger partial charge >= 0.3 is 0 Å². The molecule has 6 heteroatoms. The first-order chi connectivity index (χ1) is 6.60. The second-order valence-electron chi connectivity index (χ2n) is 2.46. The number of ether oxygens (including phenoxy) is 1. The van der Waals surface area contributed by atoms with Crippen LogP contribution < -0.4 is 4.74 Å². The number of pyridine rings is 1. The highest BCUT2D eigenvalue weighted by Gasteiger charge is 2.17. The fraction of sp³-hybridized carbons (Fsp3) is 0.375. The Kier molecular flexibility index (Phi) is 3.57. The SMILES string of the molecule is COc1c(CCl)cc(C(F)F)nc1F. The van der Waals surface area contributed by atoms with Crippen LogP contribution in [-0.4, -0.2) is 12.1 Å². The highest BCUT2D eigenvalue weighted by Crippen LogP contribution is 2.27. The molecule has 0 saturated heterocycles. The smallest absolute Gasteiger partial charge is 0.280 e. The quantitative estimate of drug-likeness (QED) is 0.583. The van der Waals surface area contributed by atoms with Gasteiger partial charge in [-0.25, -0.2) is 13.8 Å². The number of hydrogen-bond donors (Lipinski definition) is 0. The molecule has 0 spiro atoms. The van der Waals surface area contributed by atoms with Crippen molar-refractivity contribution in [3.63, 3.8) is 0 Å². The van der Waals surface area contributed by atoms with Crippen molar-refractivity contribution in [3.8, 4) is 5.75 Å². The molecule has 1 heterocycles. The largest absolute Gasteiger partial charge is 0.492 e. The van der Waals surface area contributed by atoms with Crippen LogP contribution in [0.1, 0.15) is 17.7 Å². The molecule has 0 atom stereocenters. The van der Waals surface area contributed by atoms with Crippen LogP contribution in [-0.2, 0) is 5.88 Å². The van der Waals surface area contributed by atoms with Gasteiger partial charge in [-0.2, -0.15) is 4.39 Å². The van der Waals surface area contributed by atoms with E-state index in [1.165, 1.54) is 7.11 Å². The Morgan fingerprint density at radius 3 is 2.64 bits per heavy atom. The topological polar surface area (TPSA) is 22.1 Å². The molecule has 78 valence electrons. The molecular weight excluding hydrogens is 219 g/mol.